The second kappa shape index (κ2) is 7.61. The Morgan fingerprint density at radius 2 is 2.04 bits per heavy atom. The van der Waals surface area contributed by atoms with Gasteiger partial charge in [-0.1, -0.05) is 12.1 Å². The Hall–Kier alpha value is -2.53. The average molecular weight is 378 g/mol. The Labute approximate surface area is 163 Å². The van der Waals surface area contributed by atoms with Gasteiger partial charge in [-0.3, -0.25) is 4.79 Å². The van der Waals surface area contributed by atoms with Gasteiger partial charge in [0.25, 0.3) is 0 Å². The number of fused-ring (bicyclic) bond motifs is 1. The molecule has 4 rings (SSSR count). The number of Topliss-reactive ketones (excluding diaryl/α,β-unsaturated/α-hetero) is 1. The van der Waals surface area contributed by atoms with Crippen LogP contribution in [0.5, 0.6) is 0 Å². The molecule has 0 unspecified atom stereocenters. The summed E-state index contributed by atoms with van der Waals surface area (Å²) in [5.74, 6) is 0.542. The van der Waals surface area contributed by atoms with Crippen molar-refractivity contribution in [2.75, 3.05) is 5.73 Å². The molecule has 0 bridgehead atoms. The molecule has 2 heterocycles. The zero-order valence-electron chi connectivity index (χ0n) is 15.5. The number of nitrogen functional groups attached to an aromatic ring is 1. The van der Waals surface area contributed by atoms with Gasteiger partial charge in [-0.05, 0) is 73.9 Å². The summed E-state index contributed by atoms with van der Waals surface area (Å²) < 4.78 is 0. The first-order valence-corrected chi connectivity index (χ1v) is 10.2. The molecule has 2 N–H and O–H groups in total. The summed E-state index contributed by atoms with van der Waals surface area (Å²) in [6, 6.07) is 10.2. The molecule has 0 saturated heterocycles. The molecule has 0 aliphatic heterocycles. The highest BCUT2D eigenvalue weighted by atomic mass is 32.1. The third-order valence-corrected chi connectivity index (χ3v) is 6.48. The minimum atomic E-state index is 0.265. The van der Waals surface area contributed by atoms with Crippen LogP contribution in [0.3, 0.4) is 0 Å². The van der Waals surface area contributed by atoms with Crippen LogP contribution >= 0.6 is 11.3 Å². The maximum Gasteiger partial charge on any atom is 0.220 e. The number of hydrogen-bond donors (Lipinski definition) is 1. The molecule has 0 saturated carbocycles. The fraction of sp³-hybridized carbons (Fsp3) is 0.318. The molecular formula is C22H23N3OS. The van der Waals surface area contributed by atoms with Crippen LogP contribution in [0.15, 0.2) is 36.5 Å². The van der Waals surface area contributed by atoms with E-state index in [1.807, 2.05) is 12.1 Å². The predicted molar refractivity (Wildman–Crippen MR) is 110 cm³/mol. The van der Waals surface area contributed by atoms with Crippen molar-refractivity contribution in [2.45, 2.75) is 45.4 Å². The third-order valence-electron chi connectivity index (χ3n) is 5.21. The number of thiophene rings is 1. The van der Waals surface area contributed by atoms with Crippen LogP contribution in [0.2, 0.25) is 0 Å². The number of nitrogens with two attached hydrogens (primary N) is 1. The van der Waals surface area contributed by atoms with E-state index in [-0.39, 0.29) is 11.7 Å². The van der Waals surface area contributed by atoms with E-state index >= 15 is 0 Å². The quantitative estimate of drug-likeness (QED) is 0.649. The topological polar surface area (TPSA) is 68.9 Å². The molecule has 1 aromatic carbocycles. The first-order chi connectivity index (χ1) is 13.1. The van der Waals surface area contributed by atoms with Crippen LogP contribution in [0.25, 0.3) is 11.3 Å². The first-order valence-electron chi connectivity index (χ1n) is 9.43. The van der Waals surface area contributed by atoms with Crippen molar-refractivity contribution in [3.63, 3.8) is 0 Å². The van der Waals surface area contributed by atoms with Gasteiger partial charge in [-0.15, -0.1) is 11.3 Å². The fourth-order valence-electron chi connectivity index (χ4n) is 3.67. The molecule has 0 amide bonds. The molecule has 27 heavy (non-hydrogen) atoms. The highest BCUT2D eigenvalue weighted by molar-refractivity contribution is 7.14. The van der Waals surface area contributed by atoms with Crippen LogP contribution in [0.4, 0.5) is 5.95 Å². The van der Waals surface area contributed by atoms with E-state index in [0.29, 0.717) is 6.42 Å². The van der Waals surface area contributed by atoms with Crippen molar-refractivity contribution in [1.29, 1.82) is 0 Å². The Morgan fingerprint density at radius 3 is 2.81 bits per heavy atom. The van der Waals surface area contributed by atoms with Crippen LogP contribution < -0.4 is 5.73 Å². The number of anilines is 1. The molecule has 138 valence electrons. The lowest BCUT2D eigenvalue weighted by atomic mass is 9.97. The number of nitrogens with zero attached hydrogens (tertiary/aromatic N) is 2. The van der Waals surface area contributed by atoms with Gasteiger partial charge in [0, 0.05) is 23.1 Å². The van der Waals surface area contributed by atoms with Crippen molar-refractivity contribution >= 4 is 23.1 Å². The number of carbonyl (C=O) groups excluding carboxylic acids is 1. The van der Waals surface area contributed by atoms with Crippen molar-refractivity contribution < 1.29 is 4.79 Å². The highest BCUT2D eigenvalue weighted by Crippen LogP contribution is 2.30. The molecule has 0 radical (unpaired) electrons. The zero-order valence-corrected chi connectivity index (χ0v) is 16.3. The summed E-state index contributed by atoms with van der Waals surface area (Å²) >= 11 is 1.71. The number of rotatable bonds is 5. The molecule has 5 heteroatoms. The summed E-state index contributed by atoms with van der Waals surface area (Å²) in [5, 5.41) is 0. The van der Waals surface area contributed by atoms with Gasteiger partial charge in [-0.2, -0.15) is 0 Å². The van der Waals surface area contributed by atoms with Crippen LogP contribution in [0.1, 0.15) is 50.5 Å². The molecule has 4 nitrogen and oxygen atoms in total. The van der Waals surface area contributed by atoms with Crippen LogP contribution in [-0.4, -0.2) is 15.8 Å². The number of aromatic nitrogens is 2. The second-order valence-corrected chi connectivity index (χ2v) is 8.27. The molecule has 1 aliphatic carbocycles. The Kier molecular flexibility index (Phi) is 5.03. The van der Waals surface area contributed by atoms with Crippen molar-refractivity contribution in [1.82, 2.24) is 9.97 Å². The number of carbonyl (C=O) groups is 1. The van der Waals surface area contributed by atoms with Gasteiger partial charge in [-0.25, -0.2) is 9.97 Å². The molecule has 1 aliphatic rings. The minimum absolute atomic E-state index is 0.265. The molecular weight excluding hydrogens is 354 g/mol. The summed E-state index contributed by atoms with van der Waals surface area (Å²) in [6.45, 7) is 2.08. The van der Waals surface area contributed by atoms with Gasteiger partial charge >= 0.3 is 0 Å². The van der Waals surface area contributed by atoms with E-state index in [9.17, 15) is 4.79 Å². The van der Waals surface area contributed by atoms with E-state index in [1.165, 1.54) is 34.4 Å². The van der Waals surface area contributed by atoms with E-state index in [0.717, 1.165) is 35.4 Å². The highest BCUT2D eigenvalue weighted by Gasteiger charge is 2.17. The predicted octanol–water partition coefficient (Wildman–Crippen LogP) is 4.79. The van der Waals surface area contributed by atoms with Crippen molar-refractivity contribution in [3.05, 3.63) is 63.0 Å². The first kappa shape index (κ1) is 17.9. The molecule has 0 atom stereocenters. The molecule has 0 spiro atoms. The summed E-state index contributed by atoms with van der Waals surface area (Å²) in [4.78, 5) is 23.2. The van der Waals surface area contributed by atoms with Gasteiger partial charge in [0.2, 0.25) is 5.95 Å². The largest absolute Gasteiger partial charge is 0.368 e. The van der Waals surface area contributed by atoms with Gasteiger partial charge < -0.3 is 5.73 Å². The smallest absolute Gasteiger partial charge is 0.220 e. The van der Waals surface area contributed by atoms with E-state index < -0.39 is 0 Å². The number of aryl methyl sites for hydroxylation is 4. The monoisotopic (exact) mass is 377 g/mol. The number of ketones is 1. The standard InChI is InChI=1S/C22H23N3OS/c1-14-12-16(18-10-11-24-22(23)25-18)7-6-15(14)8-9-19(26)21-13-17-4-2-3-5-20(17)27-21/h6-7,10-13H,2-5,8-9H2,1H3,(H2,23,24,25). The summed E-state index contributed by atoms with van der Waals surface area (Å²) in [6.07, 6.45) is 7.76. The fourth-order valence-corrected chi connectivity index (χ4v) is 4.89. The number of hydrogen-bond acceptors (Lipinski definition) is 5. The average Bonchev–Trinajstić information content (AvgIpc) is 3.11. The van der Waals surface area contributed by atoms with E-state index in [1.54, 1.807) is 17.5 Å². The normalized spacial score (nSPS) is 13.4. The molecule has 0 fully saturated rings. The maximum atomic E-state index is 12.7. The zero-order chi connectivity index (χ0) is 18.8. The SMILES string of the molecule is Cc1cc(-c2ccnc(N)n2)ccc1CCC(=O)c1cc2c(s1)CCCC2. The second-order valence-electron chi connectivity index (χ2n) is 7.13. The molecule has 2 aromatic heterocycles. The minimum Gasteiger partial charge on any atom is -0.368 e. The Morgan fingerprint density at radius 1 is 1.19 bits per heavy atom. The lowest BCUT2D eigenvalue weighted by Gasteiger charge is -2.08. The van der Waals surface area contributed by atoms with Crippen LogP contribution in [0, 0.1) is 6.92 Å². The van der Waals surface area contributed by atoms with Gasteiger partial charge in [0.05, 0.1) is 10.6 Å². The van der Waals surface area contributed by atoms with Crippen LogP contribution in [-0.2, 0) is 19.3 Å². The van der Waals surface area contributed by atoms with Gasteiger partial charge in [0.1, 0.15) is 0 Å². The van der Waals surface area contributed by atoms with E-state index in [2.05, 4.69) is 35.1 Å². The van der Waals surface area contributed by atoms with Gasteiger partial charge in [0.15, 0.2) is 5.78 Å². The van der Waals surface area contributed by atoms with E-state index in [4.69, 9.17) is 5.73 Å². The lowest BCUT2D eigenvalue weighted by molar-refractivity contribution is 0.0986. The van der Waals surface area contributed by atoms with Crippen molar-refractivity contribution in [3.8, 4) is 11.3 Å². The molecule has 3 aromatic rings. The maximum absolute atomic E-state index is 12.7. The number of benzene rings is 1. The lowest BCUT2D eigenvalue weighted by Crippen LogP contribution is -2.01. The summed E-state index contributed by atoms with van der Waals surface area (Å²) in [5.41, 5.74) is 11.3. The Balaban J connectivity index is 1.45. The summed E-state index contributed by atoms with van der Waals surface area (Å²) in [7, 11) is 0. The Bertz CT molecular complexity index is 969. The third kappa shape index (κ3) is 3.93. The van der Waals surface area contributed by atoms with Crippen molar-refractivity contribution in [2.24, 2.45) is 0 Å².